The highest BCUT2D eigenvalue weighted by Gasteiger charge is 2.37. The quantitative estimate of drug-likeness (QED) is 0.523. The van der Waals surface area contributed by atoms with Gasteiger partial charge in [-0.25, -0.2) is 4.79 Å². The number of benzene rings is 2. The smallest absolute Gasteiger partial charge is 0.336 e. The van der Waals surface area contributed by atoms with Gasteiger partial charge in [-0.2, -0.15) is 0 Å². The third kappa shape index (κ3) is 5.38. The Balaban J connectivity index is 1.63. The highest BCUT2D eigenvalue weighted by atomic mass is 16.5. The Labute approximate surface area is 213 Å². The van der Waals surface area contributed by atoms with Gasteiger partial charge in [0, 0.05) is 36.7 Å². The lowest BCUT2D eigenvalue weighted by Crippen LogP contribution is -2.38. The number of carbonyl (C=O) groups is 3. The molecule has 0 radical (unpaired) electrons. The molecule has 0 saturated carbocycles. The predicted molar refractivity (Wildman–Crippen MR) is 139 cm³/mol. The lowest BCUT2D eigenvalue weighted by molar-refractivity contribution is -0.140. The molecule has 2 amide bonds. The number of esters is 1. The summed E-state index contributed by atoms with van der Waals surface area (Å²) in [6, 6.07) is 15.4. The Morgan fingerprint density at radius 1 is 1.03 bits per heavy atom. The number of hydrogen-bond acceptors (Lipinski definition) is 4. The van der Waals surface area contributed by atoms with Crippen molar-refractivity contribution in [2.45, 2.75) is 59.4 Å². The van der Waals surface area contributed by atoms with Crippen LogP contribution in [0.25, 0.3) is 0 Å². The van der Waals surface area contributed by atoms with Gasteiger partial charge >= 0.3 is 5.97 Å². The fourth-order valence-corrected chi connectivity index (χ4v) is 5.30. The Bertz CT molecular complexity index is 1180. The number of rotatable bonds is 6. The van der Waals surface area contributed by atoms with Gasteiger partial charge in [0.05, 0.1) is 18.7 Å². The first-order valence-electron chi connectivity index (χ1n) is 12.9. The number of allylic oxidation sites excluding steroid dienone is 1. The van der Waals surface area contributed by atoms with Gasteiger partial charge in [-0.3, -0.25) is 9.59 Å². The van der Waals surface area contributed by atoms with Crippen molar-refractivity contribution >= 4 is 17.8 Å². The minimum absolute atomic E-state index is 0.0350. The zero-order valence-electron chi connectivity index (χ0n) is 21.8. The molecule has 2 aliphatic rings. The van der Waals surface area contributed by atoms with Crippen molar-refractivity contribution < 1.29 is 19.1 Å². The number of carbonyl (C=O) groups excluding carboxylic acids is 3. The summed E-state index contributed by atoms with van der Waals surface area (Å²) in [6.07, 6.45) is 2.24. The summed E-state index contributed by atoms with van der Waals surface area (Å²) in [5.74, 6) is -0.0897. The molecule has 2 aliphatic heterocycles. The maximum atomic E-state index is 13.4. The molecule has 1 saturated heterocycles. The van der Waals surface area contributed by atoms with Crippen LogP contribution in [0.15, 0.2) is 59.8 Å². The van der Waals surface area contributed by atoms with E-state index < -0.39 is 0 Å². The third-order valence-electron chi connectivity index (χ3n) is 7.47. The van der Waals surface area contributed by atoms with Crippen molar-refractivity contribution in [3.05, 3.63) is 82.1 Å². The zero-order chi connectivity index (χ0) is 25.8. The SMILES string of the molecule is CCOC(=O)C1=C(C)N(Cc2cccc(C(=O)N3CCC(C)CC3)c2)C(=O)C[C@H]1c1ccccc1C. The van der Waals surface area contributed by atoms with Crippen LogP contribution in [-0.4, -0.2) is 47.3 Å². The monoisotopic (exact) mass is 488 g/mol. The average Bonchev–Trinajstić information content (AvgIpc) is 2.87. The minimum atomic E-state index is -0.385. The number of nitrogens with zero attached hydrogens (tertiary/aromatic N) is 2. The van der Waals surface area contributed by atoms with Crippen LogP contribution in [0, 0.1) is 12.8 Å². The Morgan fingerprint density at radius 3 is 2.44 bits per heavy atom. The first kappa shape index (κ1) is 25.7. The van der Waals surface area contributed by atoms with Crippen LogP contribution in [0.2, 0.25) is 0 Å². The van der Waals surface area contributed by atoms with Gasteiger partial charge in [0.1, 0.15) is 0 Å². The van der Waals surface area contributed by atoms with Crippen molar-refractivity contribution in [3.63, 3.8) is 0 Å². The standard InChI is InChI=1S/C30H36N2O4/c1-5-36-30(35)28-22(4)32(27(33)18-26(28)25-12-7-6-9-21(25)3)19-23-10-8-11-24(17-23)29(34)31-15-13-20(2)14-16-31/h6-12,17,20,26H,5,13-16,18-19H2,1-4H3/t26-/m0/s1. The van der Waals surface area contributed by atoms with E-state index in [9.17, 15) is 14.4 Å². The van der Waals surface area contributed by atoms with E-state index in [2.05, 4.69) is 6.92 Å². The summed E-state index contributed by atoms with van der Waals surface area (Å²) in [7, 11) is 0. The highest BCUT2D eigenvalue weighted by molar-refractivity contribution is 5.96. The van der Waals surface area contributed by atoms with Crippen molar-refractivity contribution in [1.82, 2.24) is 9.80 Å². The Hall–Kier alpha value is -3.41. The van der Waals surface area contributed by atoms with Gasteiger partial charge < -0.3 is 14.5 Å². The molecule has 2 aromatic rings. The lowest BCUT2D eigenvalue weighted by atomic mass is 9.81. The molecule has 0 unspecified atom stereocenters. The molecule has 0 N–H and O–H groups in total. The molecular weight excluding hydrogens is 452 g/mol. The topological polar surface area (TPSA) is 66.9 Å². The summed E-state index contributed by atoms with van der Waals surface area (Å²) in [4.78, 5) is 43.2. The number of likely N-dealkylation sites (tertiary alicyclic amines) is 1. The maximum Gasteiger partial charge on any atom is 0.336 e. The average molecular weight is 489 g/mol. The summed E-state index contributed by atoms with van der Waals surface area (Å²) in [5.41, 5.74) is 4.64. The molecule has 2 aromatic carbocycles. The van der Waals surface area contributed by atoms with Crippen LogP contribution in [0.3, 0.4) is 0 Å². The normalized spacial score (nSPS) is 19.0. The molecule has 0 aromatic heterocycles. The number of aryl methyl sites for hydroxylation is 1. The fraction of sp³-hybridized carbons (Fsp3) is 0.433. The number of piperidine rings is 1. The number of hydrogen-bond donors (Lipinski definition) is 0. The van der Waals surface area contributed by atoms with Gasteiger partial charge in [0.25, 0.3) is 5.91 Å². The van der Waals surface area contributed by atoms with Crippen molar-refractivity contribution in [2.24, 2.45) is 5.92 Å². The molecular formula is C30H36N2O4. The van der Waals surface area contributed by atoms with Crippen molar-refractivity contribution in [1.29, 1.82) is 0 Å². The fourth-order valence-electron chi connectivity index (χ4n) is 5.30. The van der Waals surface area contributed by atoms with E-state index in [0.717, 1.165) is 42.6 Å². The predicted octanol–water partition coefficient (Wildman–Crippen LogP) is 5.22. The van der Waals surface area contributed by atoms with E-state index >= 15 is 0 Å². The minimum Gasteiger partial charge on any atom is -0.463 e. The van der Waals surface area contributed by atoms with Crippen LogP contribution in [0.1, 0.15) is 73.0 Å². The molecule has 0 spiro atoms. The van der Waals surface area contributed by atoms with Crippen molar-refractivity contribution in [2.75, 3.05) is 19.7 Å². The summed E-state index contributed by atoms with van der Waals surface area (Å²) in [6.45, 7) is 9.94. The van der Waals surface area contributed by atoms with E-state index in [1.165, 1.54) is 0 Å². The van der Waals surface area contributed by atoms with Crippen LogP contribution in [-0.2, 0) is 20.9 Å². The van der Waals surface area contributed by atoms with Gasteiger partial charge in [-0.1, -0.05) is 43.3 Å². The Kier molecular flexibility index (Phi) is 7.92. The van der Waals surface area contributed by atoms with Gasteiger partial charge in [0.15, 0.2) is 0 Å². The van der Waals surface area contributed by atoms with Gasteiger partial charge in [0.2, 0.25) is 5.91 Å². The second kappa shape index (κ2) is 11.1. The summed E-state index contributed by atoms with van der Waals surface area (Å²) >= 11 is 0. The molecule has 6 nitrogen and oxygen atoms in total. The molecule has 0 aliphatic carbocycles. The van der Waals surface area contributed by atoms with Crippen LogP contribution >= 0.6 is 0 Å². The number of amides is 2. The molecule has 2 heterocycles. The van der Waals surface area contributed by atoms with Crippen LogP contribution in [0.5, 0.6) is 0 Å². The first-order valence-corrected chi connectivity index (χ1v) is 12.9. The van der Waals surface area contributed by atoms with E-state index in [1.54, 1.807) is 11.8 Å². The Morgan fingerprint density at radius 2 is 1.75 bits per heavy atom. The molecule has 0 bridgehead atoms. The molecule has 1 atom stereocenters. The molecule has 6 heteroatoms. The summed E-state index contributed by atoms with van der Waals surface area (Å²) in [5, 5.41) is 0. The highest BCUT2D eigenvalue weighted by Crippen LogP contribution is 2.39. The first-order chi connectivity index (χ1) is 17.3. The third-order valence-corrected chi connectivity index (χ3v) is 7.47. The van der Waals surface area contributed by atoms with E-state index in [4.69, 9.17) is 4.74 Å². The van der Waals surface area contributed by atoms with Gasteiger partial charge in [-0.15, -0.1) is 0 Å². The van der Waals surface area contributed by atoms with E-state index in [1.807, 2.05) is 67.3 Å². The summed E-state index contributed by atoms with van der Waals surface area (Å²) < 4.78 is 5.42. The van der Waals surface area contributed by atoms with Crippen LogP contribution in [0.4, 0.5) is 0 Å². The lowest BCUT2D eigenvalue weighted by Gasteiger charge is -2.35. The molecule has 4 rings (SSSR count). The molecule has 190 valence electrons. The molecule has 1 fully saturated rings. The maximum absolute atomic E-state index is 13.4. The van der Waals surface area contributed by atoms with E-state index in [0.29, 0.717) is 29.3 Å². The van der Waals surface area contributed by atoms with E-state index in [-0.39, 0.29) is 36.7 Å². The zero-order valence-corrected chi connectivity index (χ0v) is 21.8. The van der Waals surface area contributed by atoms with Crippen LogP contribution < -0.4 is 0 Å². The second-order valence-corrected chi connectivity index (χ2v) is 9.99. The largest absolute Gasteiger partial charge is 0.463 e. The number of ether oxygens (including phenoxy) is 1. The second-order valence-electron chi connectivity index (χ2n) is 9.99. The molecule has 36 heavy (non-hydrogen) atoms. The van der Waals surface area contributed by atoms with Gasteiger partial charge in [-0.05, 0) is 68.4 Å². The van der Waals surface area contributed by atoms with Crippen molar-refractivity contribution in [3.8, 4) is 0 Å².